The molecule has 0 spiro atoms. The lowest BCUT2D eigenvalue weighted by molar-refractivity contribution is -0.116. The summed E-state index contributed by atoms with van der Waals surface area (Å²) in [5.74, 6) is 0.339. The lowest BCUT2D eigenvalue weighted by Crippen LogP contribution is -2.31. The topological polar surface area (TPSA) is 104 Å². The largest absolute Gasteiger partial charge is 0.504 e. The number of carbonyl (C=O) groups excluding carboxylic acids is 1. The molecule has 0 unspecified atom stereocenters. The van der Waals surface area contributed by atoms with Gasteiger partial charge in [0, 0.05) is 23.1 Å². The molecule has 3 N–H and O–H groups in total. The Hall–Kier alpha value is -2.97. The molecule has 1 aromatic heterocycles. The summed E-state index contributed by atoms with van der Waals surface area (Å²) in [6.45, 7) is 0. The number of rotatable bonds is 5. The third-order valence-corrected chi connectivity index (χ3v) is 6.02. The van der Waals surface area contributed by atoms with Gasteiger partial charge in [-0.3, -0.25) is 9.59 Å². The second kappa shape index (κ2) is 8.41. The predicted octanol–water partition coefficient (Wildman–Crippen LogP) is 3.90. The summed E-state index contributed by atoms with van der Waals surface area (Å²) in [4.78, 5) is 32.4. The summed E-state index contributed by atoms with van der Waals surface area (Å²) >= 11 is 7.26. The number of H-pyrrole nitrogens is 1. The molecule has 9 heteroatoms. The van der Waals surface area contributed by atoms with Crippen molar-refractivity contribution in [2.45, 2.75) is 23.2 Å². The van der Waals surface area contributed by atoms with Crippen LogP contribution in [0.15, 0.2) is 52.4 Å². The Morgan fingerprint density at radius 3 is 2.70 bits per heavy atom. The van der Waals surface area contributed by atoms with Crippen molar-refractivity contribution in [1.29, 1.82) is 0 Å². The summed E-state index contributed by atoms with van der Waals surface area (Å²) in [6, 6.07) is 12.3. The van der Waals surface area contributed by atoms with Gasteiger partial charge >= 0.3 is 0 Å². The van der Waals surface area contributed by atoms with Crippen molar-refractivity contribution in [2.75, 3.05) is 12.4 Å². The van der Waals surface area contributed by atoms with E-state index in [1.165, 1.54) is 24.9 Å². The fraction of sp³-hybridized carbons (Fsp3) is 0.190. The summed E-state index contributed by atoms with van der Waals surface area (Å²) in [5, 5.41) is 13.9. The maximum Gasteiger partial charge on any atom is 0.257 e. The minimum atomic E-state index is -0.517. The summed E-state index contributed by atoms with van der Waals surface area (Å²) in [7, 11) is 1.45. The number of halogens is 1. The number of aromatic amines is 1. The van der Waals surface area contributed by atoms with Crippen molar-refractivity contribution in [3.05, 3.63) is 74.5 Å². The lowest BCUT2D eigenvalue weighted by atomic mass is 9.86. The average Bonchev–Trinajstić information content (AvgIpc) is 2.72. The second-order valence-corrected chi connectivity index (χ2v) is 8.19. The zero-order chi connectivity index (χ0) is 21.3. The number of carbonyl (C=O) groups is 1. The van der Waals surface area contributed by atoms with Gasteiger partial charge in [0.25, 0.3) is 5.56 Å². The molecule has 2 aromatic carbocycles. The van der Waals surface area contributed by atoms with E-state index in [9.17, 15) is 14.7 Å². The third-order valence-electron chi connectivity index (χ3n) is 4.82. The number of phenols is 1. The highest BCUT2D eigenvalue weighted by Crippen LogP contribution is 2.38. The predicted molar refractivity (Wildman–Crippen MR) is 116 cm³/mol. The van der Waals surface area contributed by atoms with Crippen molar-refractivity contribution in [3.63, 3.8) is 0 Å². The Labute approximate surface area is 181 Å². The number of aromatic nitrogens is 2. The summed E-state index contributed by atoms with van der Waals surface area (Å²) in [5.41, 5.74) is 1.72. The smallest absolute Gasteiger partial charge is 0.257 e. The molecule has 2 heterocycles. The van der Waals surface area contributed by atoms with Gasteiger partial charge in [-0.2, -0.15) is 0 Å². The molecule has 4 rings (SSSR count). The number of benzene rings is 2. The number of phenolic OH excluding ortho intramolecular Hbond substituents is 1. The number of hydrogen-bond donors (Lipinski definition) is 3. The van der Waals surface area contributed by atoms with Gasteiger partial charge in [0.05, 0.1) is 12.7 Å². The van der Waals surface area contributed by atoms with E-state index in [4.69, 9.17) is 16.3 Å². The Kier molecular flexibility index (Phi) is 5.69. The number of aromatic hydroxyl groups is 1. The molecule has 30 heavy (non-hydrogen) atoms. The zero-order valence-electron chi connectivity index (χ0n) is 15.9. The zero-order valence-corrected chi connectivity index (χ0v) is 17.5. The quantitative estimate of drug-likeness (QED) is 0.408. The molecule has 1 amide bonds. The number of ether oxygens (including phenoxy) is 1. The number of nitrogens with one attached hydrogen (secondary N) is 2. The molecule has 0 aliphatic carbocycles. The monoisotopic (exact) mass is 443 g/mol. The number of anilines is 1. The maximum atomic E-state index is 12.9. The molecular formula is C21H18ClN3O4S. The fourth-order valence-corrected chi connectivity index (χ4v) is 4.30. The molecule has 0 radical (unpaired) electrons. The van der Waals surface area contributed by atoms with Gasteiger partial charge in [-0.1, -0.05) is 41.6 Å². The normalized spacial score (nSPS) is 15.4. The number of fused-ring (bicyclic) bond motifs is 1. The number of methoxy groups -OCH3 is 1. The molecule has 154 valence electrons. The van der Waals surface area contributed by atoms with Gasteiger partial charge in [-0.05, 0) is 35.4 Å². The van der Waals surface area contributed by atoms with Crippen LogP contribution in [0.25, 0.3) is 0 Å². The van der Waals surface area contributed by atoms with E-state index in [1.807, 2.05) is 12.1 Å². The van der Waals surface area contributed by atoms with E-state index < -0.39 is 5.92 Å². The number of thioether (sulfide) groups is 1. The molecule has 0 fully saturated rings. The van der Waals surface area contributed by atoms with Crippen molar-refractivity contribution in [1.82, 2.24) is 9.97 Å². The van der Waals surface area contributed by atoms with Gasteiger partial charge < -0.3 is 20.1 Å². The SMILES string of the molecule is COc1ccc([C@H]2CC(=O)Nc3nc(SCc4ccc(Cl)cc4)[nH]c(=O)c32)cc1O. The highest BCUT2D eigenvalue weighted by molar-refractivity contribution is 7.98. The van der Waals surface area contributed by atoms with Crippen molar-refractivity contribution in [3.8, 4) is 11.5 Å². The molecular weight excluding hydrogens is 426 g/mol. The van der Waals surface area contributed by atoms with Crippen LogP contribution in [-0.2, 0) is 10.5 Å². The van der Waals surface area contributed by atoms with Gasteiger partial charge in [-0.15, -0.1) is 0 Å². The van der Waals surface area contributed by atoms with E-state index in [0.717, 1.165) is 5.56 Å². The summed E-state index contributed by atoms with van der Waals surface area (Å²) in [6.07, 6.45) is 0.0841. The van der Waals surface area contributed by atoms with Gasteiger partial charge in [0.1, 0.15) is 5.82 Å². The summed E-state index contributed by atoms with van der Waals surface area (Å²) < 4.78 is 5.07. The van der Waals surface area contributed by atoms with Gasteiger partial charge in [0.15, 0.2) is 16.7 Å². The number of nitrogens with zero attached hydrogens (tertiary/aromatic N) is 1. The lowest BCUT2D eigenvalue weighted by Gasteiger charge is -2.24. The minimum absolute atomic E-state index is 0.0536. The van der Waals surface area contributed by atoms with Crippen LogP contribution in [0.5, 0.6) is 11.5 Å². The van der Waals surface area contributed by atoms with Crippen LogP contribution in [0.3, 0.4) is 0 Å². The highest BCUT2D eigenvalue weighted by Gasteiger charge is 2.31. The Morgan fingerprint density at radius 1 is 1.23 bits per heavy atom. The molecule has 3 aromatic rings. The molecule has 1 aliphatic heterocycles. The van der Waals surface area contributed by atoms with Crippen molar-refractivity contribution in [2.24, 2.45) is 0 Å². The Morgan fingerprint density at radius 2 is 2.00 bits per heavy atom. The first-order valence-electron chi connectivity index (χ1n) is 9.13. The van der Waals surface area contributed by atoms with E-state index >= 15 is 0 Å². The first kappa shape index (κ1) is 20.3. The first-order valence-corrected chi connectivity index (χ1v) is 10.5. The van der Waals surface area contributed by atoms with Crippen LogP contribution in [0, 0.1) is 0 Å². The molecule has 0 saturated heterocycles. The number of amides is 1. The second-order valence-electron chi connectivity index (χ2n) is 6.78. The third kappa shape index (κ3) is 4.15. The van der Waals surface area contributed by atoms with E-state index in [-0.39, 0.29) is 29.5 Å². The molecule has 0 bridgehead atoms. The molecule has 7 nitrogen and oxygen atoms in total. The van der Waals surface area contributed by atoms with Crippen molar-refractivity contribution >= 4 is 35.1 Å². The van der Waals surface area contributed by atoms with Crippen LogP contribution >= 0.6 is 23.4 Å². The van der Waals surface area contributed by atoms with Crippen LogP contribution in [0.4, 0.5) is 5.82 Å². The number of hydrogen-bond acceptors (Lipinski definition) is 6. The van der Waals surface area contributed by atoms with Crippen LogP contribution in [0.1, 0.15) is 29.0 Å². The molecule has 1 aliphatic rings. The van der Waals surface area contributed by atoms with Crippen LogP contribution in [-0.4, -0.2) is 28.1 Å². The fourth-order valence-electron chi connectivity index (χ4n) is 3.36. The van der Waals surface area contributed by atoms with Crippen molar-refractivity contribution < 1.29 is 14.6 Å². The molecule has 1 atom stereocenters. The minimum Gasteiger partial charge on any atom is -0.504 e. The van der Waals surface area contributed by atoms with E-state index in [1.54, 1.807) is 24.3 Å². The molecule has 0 saturated carbocycles. The average molecular weight is 444 g/mol. The van der Waals surface area contributed by atoms with Gasteiger partial charge in [0.2, 0.25) is 5.91 Å². The van der Waals surface area contributed by atoms with E-state index in [0.29, 0.717) is 32.8 Å². The van der Waals surface area contributed by atoms with Gasteiger partial charge in [-0.25, -0.2) is 4.98 Å². The highest BCUT2D eigenvalue weighted by atomic mass is 35.5. The first-order chi connectivity index (χ1) is 14.4. The Balaban J connectivity index is 1.65. The van der Waals surface area contributed by atoms with E-state index in [2.05, 4.69) is 15.3 Å². The van der Waals surface area contributed by atoms with Crippen LogP contribution < -0.4 is 15.6 Å². The Bertz CT molecular complexity index is 1160. The van der Waals surface area contributed by atoms with Crippen LogP contribution in [0.2, 0.25) is 5.02 Å². The maximum absolute atomic E-state index is 12.9. The standard InChI is InChI=1S/C21H18ClN3O4S/c1-29-16-7-4-12(8-15(16)26)14-9-17(27)23-19-18(14)20(28)25-21(24-19)30-10-11-2-5-13(22)6-3-11/h2-8,14,26H,9-10H2,1H3,(H2,23,24,25,27,28)/t14-/m1/s1.